The van der Waals surface area contributed by atoms with E-state index in [1.807, 2.05) is 0 Å². The zero-order valence-corrected chi connectivity index (χ0v) is 11.0. The molecule has 0 fully saturated rings. The molecule has 0 aliphatic rings. The molecule has 5 nitrogen and oxygen atoms in total. The lowest BCUT2D eigenvalue weighted by molar-refractivity contribution is -0.289. The van der Waals surface area contributed by atoms with Crippen LogP contribution >= 0.6 is 0 Å². The van der Waals surface area contributed by atoms with Crippen LogP contribution in [0.5, 0.6) is 0 Å². The average molecular weight is 326 g/mol. The van der Waals surface area contributed by atoms with Crippen molar-refractivity contribution in [3.05, 3.63) is 29.8 Å². The lowest BCUT2D eigenvalue weighted by Crippen LogP contribution is -2.47. The fourth-order valence-corrected chi connectivity index (χ4v) is 1.52. The number of amides is 1. The van der Waals surface area contributed by atoms with E-state index in [1.165, 1.54) is 0 Å². The highest BCUT2D eigenvalue weighted by atomic mass is 19.4. The van der Waals surface area contributed by atoms with Crippen molar-refractivity contribution >= 4 is 18.5 Å². The molecule has 0 spiro atoms. The Morgan fingerprint density at radius 1 is 1.27 bits per heavy atom. The highest BCUT2D eigenvalue weighted by molar-refractivity contribution is 6.60. The zero-order chi connectivity index (χ0) is 17.0. The van der Waals surface area contributed by atoms with Crippen molar-refractivity contribution in [2.45, 2.75) is 18.5 Å². The largest absolute Gasteiger partial charge is 0.514 e. The van der Waals surface area contributed by atoms with Crippen molar-refractivity contribution in [3.8, 4) is 0 Å². The third kappa shape index (κ3) is 4.15. The highest BCUT2D eigenvalue weighted by Crippen LogP contribution is 2.43. The highest BCUT2D eigenvalue weighted by Gasteiger charge is 2.60. The number of benzene rings is 1. The first-order valence-corrected chi connectivity index (χ1v) is 5.97. The van der Waals surface area contributed by atoms with Gasteiger partial charge in [0.15, 0.2) is 0 Å². The van der Waals surface area contributed by atoms with E-state index in [0.717, 1.165) is 18.2 Å². The van der Waals surface area contributed by atoms with E-state index in [9.17, 15) is 31.8 Å². The maximum Gasteiger partial charge on any atom is 0.514 e. The van der Waals surface area contributed by atoms with Gasteiger partial charge < -0.3 is 10.8 Å². The van der Waals surface area contributed by atoms with E-state index in [-0.39, 0.29) is 13.0 Å². The third-order valence-corrected chi connectivity index (χ3v) is 2.58. The Balaban J connectivity index is 2.99. The quantitative estimate of drug-likeness (QED) is 0.402. The minimum Gasteiger partial charge on any atom is -0.422 e. The number of alkyl halides is 5. The standard InChI is InChI=1S/C11H12BF5N2O3/c13-10(14,11(15,16)17)7-3-1-2-4-8(7)12(21)22-19-9(20)5-6-18/h1-4,21H,5-6,18H2,(H,19,20). The van der Waals surface area contributed by atoms with Gasteiger partial charge in [-0.3, -0.25) is 9.55 Å². The molecule has 0 heterocycles. The molecular weight excluding hydrogens is 314 g/mol. The van der Waals surface area contributed by atoms with Gasteiger partial charge in [0.25, 0.3) is 0 Å². The number of hydroxylamine groups is 1. The number of carbonyl (C=O) groups is 1. The van der Waals surface area contributed by atoms with Crippen LogP contribution in [0.4, 0.5) is 22.0 Å². The minimum atomic E-state index is -5.84. The molecule has 0 saturated carbocycles. The molecule has 4 N–H and O–H groups in total. The number of halogens is 5. The van der Waals surface area contributed by atoms with Crippen LogP contribution in [0.3, 0.4) is 0 Å². The summed E-state index contributed by atoms with van der Waals surface area (Å²) in [6, 6.07) is 3.43. The fourth-order valence-electron chi connectivity index (χ4n) is 1.52. The lowest BCUT2D eigenvalue weighted by atomic mass is 9.75. The first kappa shape index (κ1) is 18.3. The van der Waals surface area contributed by atoms with Crippen LogP contribution in [0, 0.1) is 0 Å². The van der Waals surface area contributed by atoms with E-state index in [1.54, 1.807) is 5.48 Å². The van der Waals surface area contributed by atoms with Crippen molar-refractivity contribution in [2.24, 2.45) is 5.73 Å². The molecule has 122 valence electrons. The molecule has 22 heavy (non-hydrogen) atoms. The Morgan fingerprint density at radius 3 is 2.41 bits per heavy atom. The first-order valence-electron chi connectivity index (χ1n) is 5.97. The molecule has 0 unspecified atom stereocenters. The van der Waals surface area contributed by atoms with Crippen LogP contribution in [0.2, 0.25) is 0 Å². The summed E-state index contributed by atoms with van der Waals surface area (Å²) in [6.07, 6.45) is -6.02. The van der Waals surface area contributed by atoms with E-state index >= 15 is 0 Å². The average Bonchev–Trinajstić information content (AvgIpc) is 2.44. The van der Waals surface area contributed by atoms with Crippen molar-refractivity contribution in [3.63, 3.8) is 0 Å². The van der Waals surface area contributed by atoms with E-state index in [0.29, 0.717) is 6.07 Å². The van der Waals surface area contributed by atoms with Crippen LogP contribution in [0.25, 0.3) is 0 Å². The van der Waals surface area contributed by atoms with Gasteiger partial charge in [-0.05, 0) is 5.46 Å². The van der Waals surface area contributed by atoms with E-state index < -0.39 is 36.2 Å². The molecule has 0 bridgehead atoms. The fraction of sp³-hybridized carbons (Fsp3) is 0.364. The molecule has 0 atom stereocenters. The molecule has 0 saturated heterocycles. The number of nitrogens with one attached hydrogen (secondary N) is 1. The van der Waals surface area contributed by atoms with Gasteiger partial charge in [-0.15, -0.1) is 0 Å². The Labute approximate surface area is 122 Å². The van der Waals surface area contributed by atoms with Crippen molar-refractivity contribution in [1.82, 2.24) is 5.48 Å². The lowest BCUT2D eigenvalue weighted by Gasteiger charge is -2.23. The van der Waals surface area contributed by atoms with Gasteiger partial charge in [-0.2, -0.15) is 22.0 Å². The summed E-state index contributed by atoms with van der Waals surface area (Å²) in [7, 11) is -2.20. The van der Waals surface area contributed by atoms with Crippen LogP contribution in [0.1, 0.15) is 12.0 Å². The molecule has 1 rings (SSSR count). The molecule has 0 radical (unpaired) electrons. The van der Waals surface area contributed by atoms with Crippen molar-refractivity contribution < 1.29 is 36.5 Å². The zero-order valence-electron chi connectivity index (χ0n) is 11.0. The SMILES string of the molecule is NCCC(=O)NOB(O)c1ccccc1C(F)(F)C(F)(F)F. The van der Waals surface area contributed by atoms with Crippen LogP contribution < -0.4 is 16.7 Å². The number of nitrogens with two attached hydrogens (primary N) is 1. The van der Waals surface area contributed by atoms with Gasteiger partial charge in [0.2, 0.25) is 5.91 Å². The second-order valence-electron chi connectivity index (χ2n) is 4.19. The molecule has 1 aromatic rings. The second-order valence-corrected chi connectivity index (χ2v) is 4.19. The van der Waals surface area contributed by atoms with Crippen molar-refractivity contribution in [1.29, 1.82) is 0 Å². The normalized spacial score (nSPS) is 12.1. The van der Waals surface area contributed by atoms with Gasteiger partial charge in [0, 0.05) is 18.5 Å². The predicted molar refractivity (Wildman–Crippen MR) is 66.9 cm³/mol. The summed E-state index contributed by atoms with van der Waals surface area (Å²) < 4.78 is 68.5. The maximum absolute atomic E-state index is 13.4. The van der Waals surface area contributed by atoms with Crippen LogP contribution in [-0.2, 0) is 15.5 Å². The summed E-state index contributed by atoms with van der Waals surface area (Å²) in [6.45, 7) is -0.0337. The molecule has 0 aliphatic heterocycles. The van der Waals surface area contributed by atoms with Crippen LogP contribution in [-0.4, -0.2) is 30.8 Å². The van der Waals surface area contributed by atoms with Crippen LogP contribution in [0.15, 0.2) is 24.3 Å². The van der Waals surface area contributed by atoms with Gasteiger partial charge >= 0.3 is 19.2 Å². The summed E-state index contributed by atoms with van der Waals surface area (Å²) in [5, 5.41) is 9.58. The Morgan fingerprint density at radius 2 is 1.86 bits per heavy atom. The molecule has 1 amide bonds. The topological polar surface area (TPSA) is 84.6 Å². The monoisotopic (exact) mass is 326 g/mol. The van der Waals surface area contributed by atoms with Gasteiger partial charge in [-0.25, -0.2) is 5.48 Å². The van der Waals surface area contributed by atoms with E-state index in [2.05, 4.69) is 4.76 Å². The smallest absolute Gasteiger partial charge is 0.422 e. The molecule has 1 aromatic carbocycles. The predicted octanol–water partition coefficient (Wildman–Crippen LogP) is 0.425. The van der Waals surface area contributed by atoms with E-state index in [4.69, 9.17) is 5.73 Å². The Bertz CT molecular complexity index is 527. The van der Waals surface area contributed by atoms with Gasteiger partial charge in [-0.1, -0.05) is 24.3 Å². The number of carbonyl (C=O) groups excluding carboxylic acids is 1. The first-order chi connectivity index (χ1) is 10.1. The summed E-state index contributed by atoms with van der Waals surface area (Å²) in [4.78, 5) is 11.1. The summed E-state index contributed by atoms with van der Waals surface area (Å²) in [5.41, 5.74) is 4.49. The van der Waals surface area contributed by atoms with Gasteiger partial charge in [0.1, 0.15) is 0 Å². The minimum absolute atomic E-state index is 0.0337. The number of hydrogen-bond donors (Lipinski definition) is 3. The summed E-state index contributed by atoms with van der Waals surface area (Å²) >= 11 is 0. The third-order valence-electron chi connectivity index (χ3n) is 2.58. The Kier molecular flexibility index (Phi) is 5.86. The second kappa shape index (κ2) is 7.03. The molecule has 11 heteroatoms. The molecule has 0 aromatic heterocycles. The maximum atomic E-state index is 13.4. The molecular formula is C11H12BF5N2O3. The molecule has 0 aliphatic carbocycles. The van der Waals surface area contributed by atoms with Crippen molar-refractivity contribution in [2.75, 3.05) is 6.54 Å². The number of rotatable bonds is 6. The Hall–Kier alpha value is -1.72. The summed E-state index contributed by atoms with van der Waals surface area (Å²) in [5.74, 6) is -5.95. The van der Waals surface area contributed by atoms with Gasteiger partial charge in [0.05, 0.1) is 0 Å². The number of hydrogen-bond acceptors (Lipinski definition) is 4.